The Hall–Kier alpha value is -3.71. The molecule has 2 amide bonds. The summed E-state index contributed by atoms with van der Waals surface area (Å²) in [5.41, 5.74) is -0.583. The van der Waals surface area contributed by atoms with E-state index in [9.17, 15) is 23.1 Å². The summed E-state index contributed by atoms with van der Waals surface area (Å²) in [6.07, 6.45) is 0.392. The minimum atomic E-state index is -4.58. The van der Waals surface area contributed by atoms with Crippen LogP contribution < -0.4 is 10.6 Å². The molecule has 4 aromatic heterocycles. The lowest BCUT2D eigenvalue weighted by Gasteiger charge is -2.15. The van der Waals surface area contributed by atoms with Crippen molar-refractivity contribution in [2.75, 3.05) is 10.6 Å². The Morgan fingerprint density at radius 1 is 1.16 bits per heavy atom. The fourth-order valence-electron chi connectivity index (χ4n) is 3.03. The lowest BCUT2D eigenvalue weighted by Crippen LogP contribution is -2.21. The van der Waals surface area contributed by atoms with Gasteiger partial charge in [0.25, 0.3) is 0 Å². The first kappa shape index (κ1) is 21.5. The number of alkyl halides is 3. The summed E-state index contributed by atoms with van der Waals surface area (Å²) in [7, 11) is 0. The van der Waals surface area contributed by atoms with Crippen molar-refractivity contribution in [1.82, 2.24) is 29.6 Å². The summed E-state index contributed by atoms with van der Waals surface area (Å²) in [5, 5.41) is 27.0. The van der Waals surface area contributed by atoms with Crippen LogP contribution >= 0.6 is 11.6 Å². The summed E-state index contributed by atoms with van der Waals surface area (Å²) in [6.45, 7) is 1.37. The van der Waals surface area contributed by atoms with Crippen molar-refractivity contribution in [2.45, 2.75) is 19.2 Å². The van der Waals surface area contributed by atoms with Crippen molar-refractivity contribution in [2.24, 2.45) is 0 Å². The number of fused-ring (bicyclic) bond motifs is 1. The number of nitrogens with zero attached hydrogens (tertiary/aromatic N) is 6. The lowest BCUT2D eigenvalue weighted by molar-refractivity contribution is -0.137. The van der Waals surface area contributed by atoms with Gasteiger partial charge in [0, 0.05) is 11.8 Å². The van der Waals surface area contributed by atoms with Crippen molar-refractivity contribution in [3.05, 3.63) is 59.3 Å². The van der Waals surface area contributed by atoms with Crippen LogP contribution in [-0.2, 0) is 6.18 Å². The summed E-state index contributed by atoms with van der Waals surface area (Å²) >= 11 is 6.16. The molecule has 1 atom stereocenters. The van der Waals surface area contributed by atoms with Gasteiger partial charge in [0.05, 0.1) is 58.4 Å². The zero-order chi connectivity index (χ0) is 23.0. The van der Waals surface area contributed by atoms with E-state index in [4.69, 9.17) is 11.6 Å². The molecule has 0 saturated heterocycles. The molecule has 166 valence electrons. The molecule has 0 aliphatic heterocycles. The van der Waals surface area contributed by atoms with Crippen LogP contribution in [0.1, 0.15) is 24.2 Å². The van der Waals surface area contributed by atoms with E-state index in [2.05, 4.69) is 30.9 Å². The number of hydrogen-bond donors (Lipinski definition) is 3. The Bertz CT molecular complexity index is 1290. The van der Waals surface area contributed by atoms with Crippen LogP contribution in [0.4, 0.5) is 29.3 Å². The Labute approximate surface area is 182 Å². The number of aliphatic hydroxyl groups excluding tert-OH is 1. The molecule has 0 radical (unpaired) electrons. The van der Waals surface area contributed by atoms with Gasteiger partial charge in [0.2, 0.25) is 0 Å². The second-order valence-corrected chi connectivity index (χ2v) is 7.04. The molecule has 32 heavy (non-hydrogen) atoms. The molecule has 0 bridgehead atoms. The van der Waals surface area contributed by atoms with E-state index in [1.165, 1.54) is 36.4 Å². The normalized spacial score (nSPS) is 12.7. The number of amides is 2. The van der Waals surface area contributed by atoms with Crippen LogP contribution in [0, 0.1) is 0 Å². The zero-order valence-electron chi connectivity index (χ0n) is 16.2. The maximum atomic E-state index is 13.1. The van der Waals surface area contributed by atoms with Crippen LogP contribution in [0.3, 0.4) is 0 Å². The molecular formula is C18H14ClF3N8O2. The first-order valence-corrected chi connectivity index (χ1v) is 9.38. The standard InChI is InChI=1S/C18H14ClF3N8O2/c1-9(31)15-13(7-26-29-8-10(4-14(15)29)18(20,21)22)28-17(32)27-11-5-12(19)16(23-6-11)30-24-2-3-25-30/h2-9,31H,1H3,(H2,27,28,32). The van der Waals surface area contributed by atoms with E-state index in [0.717, 1.165) is 23.0 Å². The number of hydrogen-bond acceptors (Lipinski definition) is 6. The summed E-state index contributed by atoms with van der Waals surface area (Å²) in [5.74, 6) is 0.252. The monoisotopic (exact) mass is 466 g/mol. The largest absolute Gasteiger partial charge is 0.417 e. The molecule has 3 N–H and O–H groups in total. The molecule has 4 heterocycles. The van der Waals surface area contributed by atoms with Crippen molar-refractivity contribution in [1.29, 1.82) is 0 Å². The molecule has 14 heteroatoms. The quantitative estimate of drug-likeness (QED) is 0.421. The van der Waals surface area contributed by atoms with Crippen LogP contribution in [0.5, 0.6) is 0 Å². The zero-order valence-corrected chi connectivity index (χ0v) is 16.9. The third-order valence-corrected chi connectivity index (χ3v) is 4.64. The average molecular weight is 467 g/mol. The van der Waals surface area contributed by atoms with Gasteiger partial charge in [-0.15, -0.1) is 4.80 Å². The highest BCUT2D eigenvalue weighted by Gasteiger charge is 2.33. The predicted molar refractivity (Wildman–Crippen MR) is 108 cm³/mol. The number of pyridine rings is 1. The summed E-state index contributed by atoms with van der Waals surface area (Å²) < 4.78 is 40.1. The number of carbonyl (C=O) groups is 1. The van der Waals surface area contributed by atoms with E-state index in [0.29, 0.717) is 0 Å². The number of anilines is 2. The average Bonchev–Trinajstić information content (AvgIpc) is 3.37. The van der Waals surface area contributed by atoms with Crippen molar-refractivity contribution < 1.29 is 23.1 Å². The van der Waals surface area contributed by atoms with Crippen molar-refractivity contribution >= 4 is 34.5 Å². The minimum absolute atomic E-state index is 0.00547. The molecule has 0 aromatic carbocycles. The van der Waals surface area contributed by atoms with Gasteiger partial charge in [-0.3, -0.25) is 0 Å². The van der Waals surface area contributed by atoms with E-state index >= 15 is 0 Å². The molecule has 0 aliphatic carbocycles. The first-order chi connectivity index (χ1) is 15.1. The van der Waals surface area contributed by atoms with Crippen LogP contribution in [0.25, 0.3) is 11.3 Å². The van der Waals surface area contributed by atoms with Gasteiger partial charge in [-0.1, -0.05) is 11.6 Å². The summed E-state index contributed by atoms with van der Waals surface area (Å²) in [6, 6.07) is 1.53. The summed E-state index contributed by atoms with van der Waals surface area (Å²) in [4.78, 5) is 17.8. The molecule has 1 unspecified atom stereocenters. The van der Waals surface area contributed by atoms with E-state index in [1.54, 1.807) is 0 Å². The van der Waals surface area contributed by atoms with Crippen molar-refractivity contribution in [3.8, 4) is 5.82 Å². The third kappa shape index (κ3) is 4.20. The molecule has 0 saturated carbocycles. The van der Waals surface area contributed by atoms with Gasteiger partial charge in [-0.2, -0.15) is 28.5 Å². The molecule has 0 spiro atoms. The lowest BCUT2D eigenvalue weighted by atomic mass is 10.1. The Balaban J connectivity index is 1.58. The molecule has 4 aromatic rings. The van der Waals surface area contributed by atoms with Crippen molar-refractivity contribution in [3.63, 3.8) is 0 Å². The number of aliphatic hydroxyl groups is 1. The SMILES string of the molecule is CC(O)c1c(NC(=O)Nc2cnc(-n3nccn3)c(Cl)c2)cnn2cc(C(F)(F)F)cc12. The predicted octanol–water partition coefficient (Wildman–Crippen LogP) is 3.68. The number of rotatable bonds is 4. The van der Waals surface area contributed by atoms with Gasteiger partial charge < -0.3 is 15.7 Å². The topological polar surface area (TPSA) is 122 Å². The van der Waals surface area contributed by atoms with Crippen LogP contribution in [-0.4, -0.2) is 40.7 Å². The maximum Gasteiger partial charge on any atom is 0.417 e. The van der Waals surface area contributed by atoms with Gasteiger partial charge in [-0.25, -0.2) is 14.3 Å². The first-order valence-electron chi connectivity index (χ1n) is 9.00. The van der Waals surface area contributed by atoms with E-state index in [-0.39, 0.29) is 33.3 Å². The Morgan fingerprint density at radius 2 is 1.88 bits per heavy atom. The van der Waals surface area contributed by atoms with Crippen LogP contribution in [0.15, 0.2) is 43.1 Å². The van der Waals surface area contributed by atoms with Crippen LogP contribution in [0.2, 0.25) is 5.02 Å². The third-order valence-electron chi connectivity index (χ3n) is 4.36. The van der Waals surface area contributed by atoms with Gasteiger partial charge in [0.15, 0.2) is 5.82 Å². The number of nitrogens with one attached hydrogen (secondary N) is 2. The van der Waals surface area contributed by atoms with Gasteiger partial charge in [-0.05, 0) is 19.1 Å². The van der Waals surface area contributed by atoms with Gasteiger partial charge in [0.1, 0.15) is 0 Å². The number of aromatic nitrogens is 6. The molecule has 4 rings (SSSR count). The highest BCUT2D eigenvalue weighted by molar-refractivity contribution is 6.32. The highest BCUT2D eigenvalue weighted by atomic mass is 35.5. The van der Waals surface area contributed by atoms with E-state index < -0.39 is 23.9 Å². The molecule has 10 nitrogen and oxygen atoms in total. The van der Waals surface area contributed by atoms with Gasteiger partial charge >= 0.3 is 12.2 Å². The molecule has 0 aliphatic rings. The second-order valence-electron chi connectivity index (χ2n) is 6.63. The second kappa shape index (κ2) is 8.09. The number of halogens is 4. The Morgan fingerprint density at radius 3 is 2.50 bits per heavy atom. The number of carbonyl (C=O) groups excluding carboxylic acids is 1. The number of urea groups is 1. The minimum Gasteiger partial charge on any atom is -0.389 e. The van der Waals surface area contributed by atoms with E-state index in [1.807, 2.05) is 0 Å². The molecule has 0 fully saturated rings. The molecular weight excluding hydrogens is 453 g/mol. The smallest absolute Gasteiger partial charge is 0.389 e. The maximum absolute atomic E-state index is 13.1. The fraction of sp³-hybridized carbons (Fsp3) is 0.167. The highest BCUT2D eigenvalue weighted by Crippen LogP contribution is 2.34. The Kier molecular flexibility index (Phi) is 5.44. The fourth-order valence-corrected chi connectivity index (χ4v) is 3.27.